The normalized spacial score (nSPS) is 25.2. The molecule has 1 heterocycles. The third-order valence-electron chi connectivity index (χ3n) is 6.47. The highest BCUT2D eigenvalue weighted by Crippen LogP contribution is 2.52. The first kappa shape index (κ1) is 20.9. The summed E-state index contributed by atoms with van der Waals surface area (Å²) in [5, 5.41) is 16.1. The van der Waals surface area contributed by atoms with E-state index in [0.717, 1.165) is 11.4 Å². The lowest BCUT2D eigenvalue weighted by Gasteiger charge is -2.13. The number of hydrazone groups is 1. The topological polar surface area (TPSA) is 111 Å². The first-order valence-corrected chi connectivity index (χ1v) is 10.6. The van der Waals surface area contributed by atoms with E-state index in [1.54, 1.807) is 30.3 Å². The number of hydrogen-bond acceptors (Lipinski definition) is 7. The van der Waals surface area contributed by atoms with Gasteiger partial charge in [-0.15, -0.1) is 0 Å². The zero-order chi connectivity index (χ0) is 23.1. The lowest BCUT2D eigenvalue weighted by atomic mass is 9.85. The molecule has 2 amide bonds. The number of methoxy groups -OCH3 is 1. The molecule has 4 atom stereocenters. The Hall–Kier alpha value is -4.01. The van der Waals surface area contributed by atoms with Gasteiger partial charge < -0.3 is 9.47 Å². The van der Waals surface area contributed by atoms with E-state index in [-0.39, 0.29) is 47.8 Å². The number of fused-ring (bicyclic) bond motifs is 5. The van der Waals surface area contributed by atoms with E-state index in [0.29, 0.717) is 22.6 Å². The number of hydrogen-bond donors (Lipinski definition) is 0. The fourth-order valence-electron chi connectivity index (χ4n) is 4.93. The van der Waals surface area contributed by atoms with Gasteiger partial charge in [-0.05, 0) is 47.6 Å². The molecule has 0 N–H and O–H groups in total. The molecule has 2 bridgehead atoms. The Kier molecular flexibility index (Phi) is 5.16. The van der Waals surface area contributed by atoms with Crippen molar-refractivity contribution in [3.05, 3.63) is 75.9 Å². The quantitative estimate of drug-likeness (QED) is 0.212. The van der Waals surface area contributed by atoms with Gasteiger partial charge >= 0.3 is 0 Å². The number of non-ortho nitro benzene ring substituents is 1. The van der Waals surface area contributed by atoms with Gasteiger partial charge in [0.15, 0.2) is 11.5 Å². The van der Waals surface area contributed by atoms with Crippen LogP contribution in [0.3, 0.4) is 0 Å². The predicted molar refractivity (Wildman–Crippen MR) is 118 cm³/mol. The van der Waals surface area contributed by atoms with Crippen LogP contribution in [0.4, 0.5) is 5.69 Å². The van der Waals surface area contributed by atoms with Crippen LogP contribution in [0.2, 0.25) is 0 Å². The van der Waals surface area contributed by atoms with E-state index in [4.69, 9.17) is 9.47 Å². The van der Waals surface area contributed by atoms with E-state index in [2.05, 4.69) is 5.10 Å². The summed E-state index contributed by atoms with van der Waals surface area (Å²) in [6.45, 7) is 0.126. The van der Waals surface area contributed by atoms with E-state index in [9.17, 15) is 19.7 Å². The van der Waals surface area contributed by atoms with Crippen molar-refractivity contribution in [2.45, 2.75) is 13.0 Å². The fraction of sp³-hybridized carbons (Fsp3) is 0.292. The number of rotatable bonds is 7. The summed E-state index contributed by atoms with van der Waals surface area (Å²) in [4.78, 5) is 36.0. The highest BCUT2D eigenvalue weighted by atomic mass is 16.6. The Bertz CT molecular complexity index is 1180. The van der Waals surface area contributed by atoms with Crippen molar-refractivity contribution in [1.82, 2.24) is 5.01 Å². The first-order valence-electron chi connectivity index (χ1n) is 10.6. The van der Waals surface area contributed by atoms with Gasteiger partial charge in [-0.25, -0.2) is 0 Å². The lowest BCUT2D eigenvalue weighted by Crippen LogP contribution is -2.28. The molecule has 9 heteroatoms. The molecule has 2 fully saturated rings. The summed E-state index contributed by atoms with van der Waals surface area (Å²) in [6, 6.07) is 11.3. The van der Waals surface area contributed by atoms with Gasteiger partial charge in [0.1, 0.15) is 6.61 Å². The van der Waals surface area contributed by atoms with Crippen LogP contribution in [-0.2, 0) is 16.2 Å². The van der Waals surface area contributed by atoms with Gasteiger partial charge in [-0.2, -0.15) is 10.1 Å². The highest BCUT2D eigenvalue weighted by Gasteiger charge is 2.59. The molecule has 1 saturated carbocycles. The average molecular weight is 447 g/mol. The second-order valence-corrected chi connectivity index (χ2v) is 8.36. The third kappa shape index (κ3) is 3.65. The number of nitro benzene ring substituents is 1. The van der Waals surface area contributed by atoms with Crippen molar-refractivity contribution in [3.63, 3.8) is 0 Å². The Morgan fingerprint density at radius 1 is 1.09 bits per heavy atom. The molecule has 2 aromatic carbocycles. The first-order chi connectivity index (χ1) is 16.0. The van der Waals surface area contributed by atoms with Crippen LogP contribution >= 0.6 is 0 Å². The van der Waals surface area contributed by atoms with Gasteiger partial charge in [0.2, 0.25) is 0 Å². The number of imide groups is 1. The molecule has 5 rings (SSSR count). The molecule has 4 unspecified atom stereocenters. The van der Waals surface area contributed by atoms with Crippen LogP contribution in [0.1, 0.15) is 17.5 Å². The summed E-state index contributed by atoms with van der Waals surface area (Å²) in [5.74, 6) is 0.115. The highest BCUT2D eigenvalue weighted by molar-refractivity contribution is 6.06. The molecular formula is C24H21N3O6. The number of carbonyl (C=O) groups is 2. The standard InChI is InChI=1S/C24H21N3O6/c1-32-20-10-14(5-8-19(20)33-13-15-3-2-4-18(9-15)27(30)31)12-25-26-23(28)21-16-6-7-17(11-16)22(21)24(26)29/h2-10,12,16-17,21-22H,11,13H2,1H3. The van der Waals surface area contributed by atoms with Crippen LogP contribution in [0.25, 0.3) is 0 Å². The maximum absolute atomic E-state index is 12.7. The smallest absolute Gasteiger partial charge is 0.269 e. The molecule has 1 saturated heterocycles. The second-order valence-electron chi connectivity index (χ2n) is 8.36. The van der Waals surface area contributed by atoms with Gasteiger partial charge in [0.25, 0.3) is 17.5 Å². The summed E-state index contributed by atoms with van der Waals surface area (Å²) in [6.07, 6.45) is 6.42. The molecule has 2 aliphatic carbocycles. The predicted octanol–water partition coefficient (Wildman–Crippen LogP) is 3.32. The number of allylic oxidation sites excluding steroid dienone is 2. The number of amides is 2. The molecule has 168 valence electrons. The van der Waals surface area contributed by atoms with E-state index in [1.807, 2.05) is 12.2 Å². The summed E-state index contributed by atoms with van der Waals surface area (Å²) < 4.78 is 11.2. The maximum atomic E-state index is 12.7. The number of benzene rings is 2. The minimum Gasteiger partial charge on any atom is -0.493 e. The summed E-state index contributed by atoms with van der Waals surface area (Å²) >= 11 is 0. The van der Waals surface area contributed by atoms with Gasteiger partial charge in [0, 0.05) is 12.1 Å². The molecule has 33 heavy (non-hydrogen) atoms. The molecule has 0 aromatic heterocycles. The molecule has 0 spiro atoms. The van der Waals surface area contributed by atoms with Crippen LogP contribution in [0, 0.1) is 33.8 Å². The summed E-state index contributed by atoms with van der Waals surface area (Å²) in [7, 11) is 1.49. The van der Waals surface area contributed by atoms with Gasteiger partial charge in [-0.1, -0.05) is 24.3 Å². The summed E-state index contributed by atoms with van der Waals surface area (Å²) in [5.41, 5.74) is 1.28. The Morgan fingerprint density at radius 3 is 2.48 bits per heavy atom. The monoisotopic (exact) mass is 447 g/mol. The van der Waals surface area contributed by atoms with Crippen LogP contribution in [0.15, 0.2) is 59.7 Å². The second kappa shape index (κ2) is 8.16. The van der Waals surface area contributed by atoms with Crippen molar-refractivity contribution in [2.75, 3.05) is 7.11 Å². The molecule has 3 aliphatic rings. The fourth-order valence-corrected chi connectivity index (χ4v) is 4.93. The van der Waals surface area contributed by atoms with Crippen molar-refractivity contribution in [3.8, 4) is 11.5 Å². The van der Waals surface area contributed by atoms with Crippen molar-refractivity contribution in [1.29, 1.82) is 0 Å². The number of ether oxygens (including phenoxy) is 2. The van der Waals surface area contributed by atoms with Crippen molar-refractivity contribution in [2.24, 2.45) is 28.8 Å². The molecule has 2 aromatic rings. The molecule has 9 nitrogen and oxygen atoms in total. The van der Waals surface area contributed by atoms with E-state index >= 15 is 0 Å². The van der Waals surface area contributed by atoms with Gasteiger partial charge in [0.05, 0.1) is 30.1 Å². The Balaban J connectivity index is 1.28. The molecule has 1 aliphatic heterocycles. The van der Waals surface area contributed by atoms with E-state index < -0.39 is 4.92 Å². The zero-order valence-corrected chi connectivity index (χ0v) is 17.8. The maximum Gasteiger partial charge on any atom is 0.269 e. The minimum absolute atomic E-state index is 0.00596. The van der Waals surface area contributed by atoms with Crippen molar-refractivity contribution >= 4 is 23.7 Å². The van der Waals surface area contributed by atoms with Crippen molar-refractivity contribution < 1.29 is 24.0 Å². The number of nitro groups is 1. The minimum atomic E-state index is -0.456. The Morgan fingerprint density at radius 2 is 1.82 bits per heavy atom. The zero-order valence-electron chi connectivity index (χ0n) is 17.8. The Labute approximate surface area is 189 Å². The van der Waals surface area contributed by atoms with Crippen LogP contribution < -0.4 is 9.47 Å². The largest absolute Gasteiger partial charge is 0.493 e. The van der Waals surface area contributed by atoms with Crippen LogP contribution in [0.5, 0.6) is 11.5 Å². The number of nitrogens with zero attached hydrogens (tertiary/aromatic N) is 3. The molecule has 0 radical (unpaired) electrons. The van der Waals surface area contributed by atoms with Crippen LogP contribution in [-0.4, -0.2) is 35.1 Å². The SMILES string of the molecule is COc1cc(C=NN2C(=O)C3C4C=CC(C4)C3C2=O)ccc1OCc1cccc([N+](=O)[O-])c1. The lowest BCUT2D eigenvalue weighted by molar-refractivity contribution is -0.384. The third-order valence-corrected chi connectivity index (χ3v) is 6.47. The number of carbonyl (C=O) groups excluding carboxylic acids is 2. The average Bonchev–Trinajstić information content (AvgIpc) is 3.51. The van der Waals surface area contributed by atoms with E-state index in [1.165, 1.54) is 25.5 Å². The molecular weight excluding hydrogens is 426 g/mol. The van der Waals surface area contributed by atoms with Gasteiger partial charge in [-0.3, -0.25) is 19.7 Å².